The summed E-state index contributed by atoms with van der Waals surface area (Å²) in [4.78, 5) is 2.67. The molecule has 126 valence electrons. The summed E-state index contributed by atoms with van der Waals surface area (Å²) in [5.41, 5.74) is 0.300. The van der Waals surface area contributed by atoms with Crippen LogP contribution in [0.2, 0.25) is 0 Å². The van der Waals surface area contributed by atoms with E-state index in [1.807, 2.05) is 0 Å². The zero-order valence-electron chi connectivity index (χ0n) is 14.8. The molecule has 1 rings (SSSR count). The van der Waals surface area contributed by atoms with Crippen molar-refractivity contribution in [1.29, 1.82) is 0 Å². The van der Waals surface area contributed by atoms with Gasteiger partial charge in [0.15, 0.2) is 0 Å². The molecule has 0 aromatic rings. The average molecular weight is 300 g/mol. The Labute approximate surface area is 131 Å². The normalized spacial score (nSPS) is 24.1. The third kappa shape index (κ3) is 5.20. The lowest BCUT2D eigenvalue weighted by Gasteiger charge is -2.51. The maximum atomic E-state index is 5.69. The maximum absolute atomic E-state index is 5.69. The van der Waals surface area contributed by atoms with E-state index in [4.69, 9.17) is 9.47 Å². The Bertz CT molecular complexity index is 270. The molecule has 4 heteroatoms. The molecular formula is C17H36N2O2. The zero-order valence-corrected chi connectivity index (χ0v) is 14.8. The van der Waals surface area contributed by atoms with Crippen LogP contribution in [0.25, 0.3) is 0 Å². The third-order valence-electron chi connectivity index (χ3n) is 5.37. The topological polar surface area (TPSA) is 33.7 Å². The van der Waals surface area contributed by atoms with Crippen LogP contribution in [0.5, 0.6) is 0 Å². The van der Waals surface area contributed by atoms with Crippen molar-refractivity contribution in [3.8, 4) is 0 Å². The van der Waals surface area contributed by atoms with Crippen LogP contribution in [-0.2, 0) is 9.47 Å². The summed E-state index contributed by atoms with van der Waals surface area (Å²) in [5.74, 6) is 0.730. The standard InChI is InChI=1S/C17H36N2O2/c1-6-15(4)16-13-19(9-10-21-12-11-20-5)17(7-2,8-3)14-18-16/h15-16,18H,6-14H2,1-5H3. The van der Waals surface area contributed by atoms with Crippen molar-refractivity contribution in [3.05, 3.63) is 0 Å². The fraction of sp³-hybridized carbons (Fsp3) is 1.00. The molecule has 21 heavy (non-hydrogen) atoms. The molecule has 1 aliphatic rings. The van der Waals surface area contributed by atoms with E-state index in [1.54, 1.807) is 7.11 Å². The molecule has 0 amide bonds. The van der Waals surface area contributed by atoms with Gasteiger partial charge in [-0.05, 0) is 18.8 Å². The lowest BCUT2D eigenvalue weighted by Crippen LogP contribution is -2.65. The molecular weight excluding hydrogens is 264 g/mol. The van der Waals surface area contributed by atoms with E-state index in [0.717, 1.165) is 32.2 Å². The summed E-state index contributed by atoms with van der Waals surface area (Å²) >= 11 is 0. The van der Waals surface area contributed by atoms with Crippen LogP contribution in [0, 0.1) is 5.92 Å². The minimum Gasteiger partial charge on any atom is -0.382 e. The second-order valence-electron chi connectivity index (χ2n) is 6.36. The van der Waals surface area contributed by atoms with E-state index in [1.165, 1.54) is 19.3 Å². The van der Waals surface area contributed by atoms with E-state index in [9.17, 15) is 0 Å². The van der Waals surface area contributed by atoms with Gasteiger partial charge in [0.1, 0.15) is 0 Å². The van der Waals surface area contributed by atoms with Crippen molar-refractivity contribution >= 4 is 0 Å². The first kappa shape index (κ1) is 18.9. The van der Waals surface area contributed by atoms with Gasteiger partial charge < -0.3 is 14.8 Å². The van der Waals surface area contributed by atoms with Crippen molar-refractivity contribution in [2.45, 2.75) is 58.5 Å². The van der Waals surface area contributed by atoms with Gasteiger partial charge in [-0.3, -0.25) is 4.90 Å². The van der Waals surface area contributed by atoms with Crippen molar-refractivity contribution in [3.63, 3.8) is 0 Å². The van der Waals surface area contributed by atoms with Crippen LogP contribution in [0.4, 0.5) is 0 Å². The van der Waals surface area contributed by atoms with Crippen LogP contribution < -0.4 is 5.32 Å². The van der Waals surface area contributed by atoms with E-state index in [0.29, 0.717) is 24.8 Å². The van der Waals surface area contributed by atoms with Crippen molar-refractivity contribution in [1.82, 2.24) is 10.2 Å². The van der Waals surface area contributed by atoms with Gasteiger partial charge >= 0.3 is 0 Å². The molecule has 0 aliphatic carbocycles. The number of rotatable bonds is 10. The SMILES string of the molecule is CCC(C)C1CN(CCOCCOC)C(CC)(CC)CN1. The number of methoxy groups -OCH3 is 1. The predicted molar refractivity (Wildman–Crippen MR) is 88.8 cm³/mol. The second-order valence-corrected chi connectivity index (χ2v) is 6.36. The molecule has 0 aromatic carbocycles. The Kier molecular flexibility index (Phi) is 8.79. The van der Waals surface area contributed by atoms with Crippen molar-refractivity contribution < 1.29 is 9.47 Å². The van der Waals surface area contributed by atoms with Crippen LogP contribution in [0.15, 0.2) is 0 Å². The molecule has 0 saturated carbocycles. The van der Waals surface area contributed by atoms with E-state index >= 15 is 0 Å². The van der Waals surface area contributed by atoms with Gasteiger partial charge in [0, 0.05) is 38.3 Å². The van der Waals surface area contributed by atoms with Crippen LogP contribution in [-0.4, -0.2) is 63.0 Å². The third-order valence-corrected chi connectivity index (χ3v) is 5.37. The van der Waals surface area contributed by atoms with E-state index in [2.05, 4.69) is 37.9 Å². The average Bonchev–Trinajstić information content (AvgIpc) is 2.53. The highest BCUT2D eigenvalue weighted by Crippen LogP contribution is 2.28. The van der Waals surface area contributed by atoms with Crippen LogP contribution in [0.3, 0.4) is 0 Å². The molecule has 0 spiro atoms. The van der Waals surface area contributed by atoms with Gasteiger partial charge in [-0.1, -0.05) is 34.1 Å². The van der Waals surface area contributed by atoms with Gasteiger partial charge in [-0.25, -0.2) is 0 Å². The summed E-state index contributed by atoms with van der Waals surface area (Å²) in [5, 5.41) is 3.80. The number of hydrogen-bond acceptors (Lipinski definition) is 4. The lowest BCUT2D eigenvalue weighted by molar-refractivity contribution is -0.00986. The fourth-order valence-electron chi connectivity index (χ4n) is 3.29. The minimum atomic E-state index is 0.300. The quantitative estimate of drug-likeness (QED) is 0.629. The van der Waals surface area contributed by atoms with Crippen molar-refractivity contribution in [2.75, 3.05) is 46.6 Å². The Morgan fingerprint density at radius 3 is 2.48 bits per heavy atom. The molecule has 1 aliphatic heterocycles. The lowest BCUT2D eigenvalue weighted by atomic mass is 9.84. The second kappa shape index (κ2) is 9.78. The molecule has 2 unspecified atom stereocenters. The number of piperazine rings is 1. The van der Waals surface area contributed by atoms with E-state index < -0.39 is 0 Å². The Morgan fingerprint density at radius 2 is 1.90 bits per heavy atom. The highest BCUT2D eigenvalue weighted by molar-refractivity contribution is 4.98. The zero-order chi connectivity index (χ0) is 15.7. The van der Waals surface area contributed by atoms with Crippen LogP contribution >= 0.6 is 0 Å². The van der Waals surface area contributed by atoms with Gasteiger partial charge in [0.05, 0.1) is 19.8 Å². The van der Waals surface area contributed by atoms with Gasteiger partial charge in [-0.15, -0.1) is 0 Å². The monoisotopic (exact) mass is 300 g/mol. The summed E-state index contributed by atoms with van der Waals surface area (Å²) in [6.45, 7) is 14.7. The van der Waals surface area contributed by atoms with Gasteiger partial charge in [0.25, 0.3) is 0 Å². The molecule has 0 radical (unpaired) electrons. The summed E-state index contributed by atoms with van der Waals surface area (Å²) in [6, 6.07) is 0.611. The first-order chi connectivity index (χ1) is 10.1. The molecule has 0 bridgehead atoms. The molecule has 2 atom stereocenters. The van der Waals surface area contributed by atoms with Crippen molar-refractivity contribution in [2.24, 2.45) is 5.92 Å². The first-order valence-electron chi connectivity index (χ1n) is 8.68. The van der Waals surface area contributed by atoms with Gasteiger partial charge in [-0.2, -0.15) is 0 Å². The maximum Gasteiger partial charge on any atom is 0.0700 e. The molecule has 1 saturated heterocycles. The number of ether oxygens (including phenoxy) is 2. The van der Waals surface area contributed by atoms with E-state index in [-0.39, 0.29) is 0 Å². The highest BCUT2D eigenvalue weighted by atomic mass is 16.5. The Morgan fingerprint density at radius 1 is 1.19 bits per heavy atom. The summed E-state index contributed by atoms with van der Waals surface area (Å²) in [7, 11) is 1.72. The molecule has 4 nitrogen and oxygen atoms in total. The highest BCUT2D eigenvalue weighted by Gasteiger charge is 2.39. The minimum absolute atomic E-state index is 0.300. The predicted octanol–water partition coefficient (Wildman–Crippen LogP) is 2.53. The molecule has 1 fully saturated rings. The fourth-order valence-corrected chi connectivity index (χ4v) is 3.29. The molecule has 1 N–H and O–H groups in total. The molecule has 1 heterocycles. The first-order valence-corrected chi connectivity index (χ1v) is 8.68. The Balaban J connectivity index is 2.56. The number of nitrogens with one attached hydrogen (secondary N) is 1. The summed E-state index contributed by atoms with van der Waals surface area (Å²) < 4.78 is 10.7. The van der Waals surface area contributed by atoms with Gasteiger partial charge in [0.2, 0.25) is 0 Å². The molecule has 0 aromatic heterocycles. The Hall–Kier alpha value is -0.160. The smallest absolute Gasteiger partial charge is 0.0700 e. The number of hydrogen-bond donors (Lipinski definition) is 1. The largest absolute Gasteiger partial charge is 0.382 e. The van der Waals surface area contributed by atoms with Crippen LogP contribution in [0.1, 0.15) is 47.0 Å². The summed E-state index contributed by atoms with van der Waals surface area (Å²) in [6.07, 6.45) is 3.63. The number of nitrogens with zero attached hydrogens (tertiary/aromatic N) is 1.